The molecule has 1 aliphatic heterocycles. The molecule has 0 radical (unpaired) electrons. The largest absolute Gasteiger partial charge is 0.444 e. The lowest BCUT2D eigenvalue weighted by molar-refractivity contribution is -0.133. The molecule has 0 saturated carbocycles. The Balaban J connectivity index is 3.09. The van der Waals surface area contributed by atoms with Gasteiger partial charge in [-0.05, 0) is 32.8 Å². The van der Waals surface area contributed by atoms with Crippen LogP contribution >= 0.6 is 0 Å². The van der Waals surface area contributed by atoms with Crippen LogP contribution in [0.2, 0.25) is 0 Å². The van der Waals surface area contributed by atoms with E-state index in [2.05, 4.69) is 5.32 Å². The normalized spacial score (nSPS) is 19.4. The first-order chi connectivity index (χ1) is 10.7. The second-order valence-corrected chi connectivity index (χ2v) is 9.03. The summed E-state index contributed by atoms with van der Waals surface area (Å²) in [5.41, 5.74) is 0.0284. The number of ether oxygens (including phenoxy) is 1. The smallest absolute Gasteiger partial charge is 0.407 e. The molecule has 138 valence electrons. The maximum atomic E-state index is 12.2. The van der Waals surface area contributed by atoms with Crippen molar-refractivity contribution in [2.75, 3.05) is 26.9 Å². The summed E-state index contributed by atoms with van der Waals surface area (Å²) in [7, 11) is -0.622. The zero-order valence-corrected chi connectivity index (χ0v) is 16.2. The number of nitrogens with zero attached hydrogens (tertiary/aromatic N) is 2. The number of amides is 2. The molecule has 1 atom stereocenters. The number of rotatable bonds is 4. The molecule has 1 heterocycles. The van der Waals surface area contributed by atoms with Gasteiger partial charge in [-0.1, -0.05) is 6.92 Å². The lowest BCUT2D eigenvalue weighted by Crippen LogP contribution is -2.45. The minimum Gasteiger partial charge on any atom is -0.444 e. The monoisotopic (exact) mass is 361 g/mol. The quantitative estimate of drug-likeness (QED) is 0.809. The van der Waals surface area contributed by atoms with Crippen molar-refractivity contribution in [1.82, 2.24) is 14.5 Å². The van der Waals surface area contributed by atoms with Gasteiger partial charge in [0.2, 0.25) is 15.9 Å². The Labute approximate surface area is 143 Å². The first-order valence-electron chi connectivity index (χ1n) is 7.64. The van der Waals surface area contributed by atoms with Crippen LogP contribution in [0.25, 0.3) is 0 Å². The minimum atomic E-state index is -3.54. The van der Waals surface area contributed by atoms with E-state index in [1.165, 1.54) is 19.0 Å². The second-order valence-electron chi connectivity index (χ2n) is 7.02. The van der Waals surface area contributed by atoms with Crippen LogP contribution in [0.5, 0.6) is 0 Å². The Bertz CT molecular complexity index is 649. The second kappa shape index (κ2) is 7.00. The van der Waals surface area contributed by atoms with E-state index in [0.29, 0.717) is 12.0 Å². The van der Waals surface area contributed by atoms with Gasteiger partial charge in [0.1, 0.15) is 11.4 Å². The first-order valence-corrected chi connectivity index (χ1v) is 9.49. The molecule has 24 heavy (non-hydrogen) atoms. The van der Waals surface area contributed by atoms with Gasteiger partial charge in [-0.25, -0.2) is 13.2 Å². The van der Waals surface area contributed by atoms with Crippen molar-refractivity contribution < 1.29 is 22.7 Å². The zero-order valence-electron chi connectivity index (χ0n) is 15.3. The topological polar surface area (TPSA) is 96.0 Å². The van der Waals surface area contributed by atoms with Crippen LogP contribution in [0.15, 0.2) is 11.4 Å². The third kappa shape index (κ3) is 5.12. The van der Waals surface area contributed by atoms with E-state index in [-0.39, 0.29) is 24.2 Å². The van der Waals surface area contributed by atoms with E-state index in [4.69, 9.17) is 4.74 Å². The van der Waals surface area contributed by atoms with Crippen LogP contribution in [0.3, 0.4) is 0 Å². The van der Waals surface area contributed by atoms with Crippen molar-refractivity contribution in [2.24, 2.45) is 5.92 Å². The molecule has 0 spiro atoms. The lowest BCUT2D eigenvalue weighted by Gasteiger charge is -2.36. The number of hydrogen-bond donors (Lipinski definition) is 1. The molecule has 1 rings (SSSR count). The summed E-state index contributed by atoms with van der Waals surface area (Å²) in [6, 6.07) is 0. The standard InChI is InChI=1S/C15H27N3O5S/c1-10-8-11(9-16-14(20)23-15(2,3)4)12(17(5)13(10)19)18(6)24(7,21)22/h10H,8-9H2,1-7H3,(H,16,20). The molecule has 0 aromatic heterocycles. The van der Waals surface area contributed by atoms with Crippen molar-refractivity contribution in [3.63, 3.8) is 0 Å². The van der Waals surface area contributed by atoms with Crippen molar-refractivity contribution >= 4 is 22.0 Å². The van der Waals surface area contributed by atoms with Gasteiger partial charge in [-0.3, -0.25) is 9.10 Å². The highest BCUT2D eigenvalue weighted by Gasteiger charge is 2.34. The van der Waals surface area contributed by atoms with Gasteiger partial charge >= 0.3 is 6.09 Å². The molecule has 2 amide bonds. The van der Waals surface area contributed by atoms with Crippen molar-refractivity contribution in [1.29, 1.82) is 0 Å². The number of alkyl carbamates (subject to hydrolysis) is 1. The molecule has 1 unspecified atom stereocenters. The summed E-state index contributed by atoms with van der Waals surface area (Å²) in [4.78, 5) is 25.4. The molecule has 0 aromatic rings. The van der Waals surface area contributed by atoms with Gasteiger partial charge < -0.3 is 15.0 Å². The maximum absolute atomic E-state index is 12.2. The van der Waals surface area contributed by atoms with Crippen LogP contribution in [0.1, 0.15) is 34.1 Å². The van der Waals surface area contributed by atoms with E-state index >= 15 is 0 Å². The molecule has 0 aliphatic carbocycles. The van der Waals surface area contributed by atoms with E-state index < -0.39 is 21.7 Å². The number of carbonyl (C=O) groups excluding carboxylic acids is 2. The van der Waals surface area contributed by atoms with E-state index in [9.17, 15) is 18.0 Å². The van der Waals surface area contributed by atoms with Crippen LogP contribution in [0.4, 0.5) is 4.79 Å². The minimum absolute atomic E-state index is 0.103. The molecular weight excluding hydrogens is 334 g/mol. The van der Waals surface area contributed by atoms with Crippen LogP contribution in [-0.2, 0) is 19.6 Å². The fourth-order valence-electron chi connectivity index (χ4n) is 2.46. The number of sulfonamides is 1. The highest BCUT2D eigenvalue weighted by molar-refractivity contribution is 7.88. The first kappa shape index (κ1) is 20.3. The van der Waals surface area contributed by atoms with Gasteiger partial charge in [-0.2, -0.15) is 0 Å². The summed E-state index contributed by atoms with van der Waals surface area (Å²) in [6.07, 6.45) is 0.840. The predicted octanol–water partition coefficient (Wildman–Crippen LogP) is 1.11. The van der Waals surface area contributed by atoms with E-state index in [1.54, 1.807) is 27.7 Å². The molecule has 0 fully saturated rings. The molecule has 0 saturated heterocycles. The van der Waals surface area contributed by atoms with Gasteiger partial charge in [0.05, 0.1) is 6.26 Å². The highest BCUT2D eigenvalue weighted by atomic mass is 32.2. The van der Waals surface area contributed by atoms with Crippen LogP contribution in [-0.4, -0.2) is 62.1 Å². The Morgan fingerprint density at radius 1 is 1.42 bits per heavy atom. The average molecular weight is 361 g/mol. The summed E-state index contributed by atoms with van der Waals surface area (Å²) in [6.45, 7) is 7.13. The van der Waals surface area contributed by atoms with Crippen LogP contribution < -0.4 is 5.32 Å². The number of nitrogens with one attached hydrogen (secondary N) is 1. The van der Waals surface area contributed by atoms with Gasteiger partial charge in [-0.15, -0.1) is 0 Å². The molecule has 0 bridgehead atoms. The molecule has 0 aromatic carbocycles. The summed E-state index contributed by atoms with van der Waals surface area (Å²) in [5, 5.41) is 2.62. The molecule has 9 heteroatoms. The predicted molar refractivity (Wildman–Crippen MR) is 90.4 cm³/mol. The van der Waals surface area contributed by atoms with Crippen molar-refractivity contribution in [3.05, 3.63) is 11.4 Å². The van der Waals surface area contributed by atoms with E-state index in [0.717, 1.165) is 10.6 Å². The molecule has 1 aliphatic rings. The SMILES string of the molecule is CC1CC(CNC(=O)OC(C)(C)C)=C(N(C)S(C)(=O)=O)N(C)C1=O. The van der Waals surface area contributed by atoms with Gasteiger partial charge in [0.25, 0.3) is 0 Å². The van der Waals surface area contributed by atoms with Crippen LogP contribution in [0, 0.1) is 5.92 Å². The number of hydrogen-bond acceptors (Lipinski definition) is 5. The summed E-state index contributed by atoms with van der Waals surface area (Å²) >= 11 is 0. The average Bonchev–Trinajstić information content (AvgIpc) is 2.39. The summed E-state index contributed by atoms with van der Waals surface area (Å²) in [5.74, 6) is -0.180. The fraction of sp³-hybridized carbons (Fsp3) is 0.733. The van der Waals surface area contributed by atoms with Crippen molar-refractivity contribution in [2.45, 2.75) is 39.7 Å². The van der Waals surface area contributed by atoms with Gasteiger partial charge in [0.15, 0.2) is 0 Å². The van der Waals surface area contributed by atoms with Gasteiger partial charge in [0, 0.05) is 26.6 Å². The van der Waals surface area contributed by atoms with Crippen molar-refractivity contribution in [3.8, 4) is 0 Å². The molecule has 8 nitrogen and oxygen atoms in total. The highest BCUT2D eigenvalue weighted by Crippen LogP contribution is 2.28. The zero-order chi connectivity index (χ0) is 18.9. The Hall–Kier alpha value is -1.77. The molecular formula is C15H27N3O5S. The van der Waals surface area contributed by atoms with E-state index in [1.807, 2.05) is 0 Å². The lowest BCUT2D eigenvalue weighted by atomic mass is 9.95. The summed E-state index contributed by atoms with van der Waals surface area (Å²) < 4.78 is 30.0. The third-order valence-corrected chi connectivity index (χ3v) is 4.75. The molecule has 1 N–H and O–H groups in total. The Kier molecular flexibility index (Phi) is 5.91. The Morgan fingerprint density at radius 3 is 2.42 bits per heavy atom. The third-order valence-electron chi connectivity index (χ3n) is 3.58. The fourth-order valence-corrected chi connectivity index (χ4v) is 3.02. The number of carbonyl (C=O) groups is 2. The Morgan fingerprint density at radius 2 is 1.96 bits per heavy atom. The maximum Gasteiger partial charge on any atom is 0.407 e.